The number of ether oxygens (including phenoxy) is 1. The third-order valence-corrected chi connectivity index (χ3v) is 5.28. The maximum absolute atomic E-state index is 12.2. The highest BCUT2D eigenvalue weighted by Gasteiger charge is 2.20. The van der Waals surface area contributed by atoms with E-state index in [1.54, 1.807) is 17.0 Å². The molecule has 2 aromatic rings. The van der Waals surface area contributed by atoms with E-state index in [-0.39, 0.29) is 12.0 Å². The minimum absolute atomic E-state index is 0.131. The van der Waals surface area contributed by atoms with Crippen LogP contribution in [0.25, 0.3) is 10.4 Å². The van der Waals surface area contributed by atoms with E-state index in [1.807, 2.05) is 18.2 Å². The van der Waals surface area contributed by atoms with Crippen LogP contribution >= 0.6 is 34.5 Å². The lowest BCUT2D eigenvalue weighted by molar-refractivity contribution is 0.0956. The molecule has 8 heteroatoms. The molecule has 1 aromatic carbocycles. The monoisotopic (exact) mass is 398 g/mol. The fourth-order valence-corrected chi connectivity index (χ4v) is 3.93. The fourth-order valence-electron chi connectivity index (χ4n) is 2.50. The van der Waals surface area contributed by atoms with Crippen molar-refractivity contribution in [3.05, 3.63) is 45.3 Å². The van der Waals surface area contributed by atoms with Gasteiger partial charge in [0.2, 0.25) is 0 Å². The first-order valence-corrected chi connectivity index (χ1v) is 9.36. The van der Waals surface area contributed by atoms with Gasteiger partial charge in [-0.3, -0.25) is 4.79 Å². The molecule has 0 radical (unpaired) electrons. The zero-order valence-electron chi connectivity index (χ0n) is 13.3. The van der Waals surface area contributed by atoms with Gasteiger partial charge in [0.25, 0.3) is 5.91 Å². The van der Waals surface area contributed by atoms with Gasteiger partial charge in [0, 0.05) is 28.0 Å². The van der Waals surface area contributed by atoms with E-state index < -0.39 is 0 Å². The molecule has 25 heavy (non-hydrogen) atoms. The highest BCUT2D eigenvalue weighted by molar-refractivity contribution is 7.17. The number of nitrogens with zero attached hydrogens (tertiary/aromatic N) is 1. The van der Waals surface area contributed by atoms with Gasteiger partial charge in [-0.05, 0) is 42.3 Å². The zero-order chi connectivity index (χ0) is 17.8. The lowest BCUT2D eigenvalue weighted by Crippen LogP contribution is -2.30. The second-order valence-corrected chi connectivity index (χ2v) is 7.49. The van der Waals surface area contributed by atoms with Crippen LogP contribution < -0.4 is 5.32 Å². The van der Waals surface area contributed by atoms with Crippen LogP contribution in [0.5, 0.6) is 0 Å². The third-order valence-electron chi connectivity index (χ3n) is 3.71. The van der Waals surface area contributed by atoms with Gasteiger partial charge in [0.1, 0.15) is 6.61 Å². The minimum Gasteiger partial charge on any atom is -0.448 e. The molecule has 1 aromatic heterocycles. The SMILES string of the molecule is O=C(NCCCN1CCOC1=O)c1ccc(-c2cc(Cl)cc(Cl)c2)s1. The Bertz CT molecular complexity index is 774. The van der Waals surface area contributed by atoms with Gasteiger partial charge < -0.3 is 15.0 Å². The number of benzene rings is 1. The van der Waals surface area contributed by atoms with Crippen molar-refractivity contribution in [3.8, 4) is 10.4 Å². The van der Waals surface area contributed by atoms with Crippen molar-refractivity contribution >= 4 is 46.5 Å². The van der Waals surface area contributed by atoms with Crippen LogP contribution in [0.1, 0.15) is 16.1 Å². The van der Waals surface area contributed by atoms with Gasteiger partial charge in [0.05, 0.1) is 11.4 Å². The maximum Gasteiger partial charge on any atom is 0.409 e. The van der Waals surface area contributed by atoms with Crippen molar-refractivity contribution in [3.63, 3.8) is 0 Å². The van der Waals surface area contributed by atoms with Crippen LogP contribution in [-0.4, -0.2) is 43.1 Å². The van der Waals surface area contributed by atoms with Crippen LogP contribution in [0.4, 0.5) is 4.79 Å². The summed E-state index contributed by atoms with van der Waals surface area (Å²) in [5.41, 5.74) is 0.883. The molecule has 0 saturated carbocycles. The number of halogens is 2. The van der Waals surface area contributed by atoms with Crippen LogP contribution in [0.15, 0.2) is 30.3 Å². The van der Waals surface area contributed by atoms with Crippen molar-refractivity contribution in [1.29, 1.82) is 0 Å². The first-order chi connectivity index (χ1) is 12.0. The molecule has 3 rings (SSSR count). The zero-order valence-corrected chi connectivity index (χ0v) is 15.6. The molecule has 1 aliphatic heterocycles. The average Bonchev–Trinajstić information content (AvgIpc) is 3.20. The normalized spacial score (nSPS) is 13.8. The highest BCUT2D eigenvalue weighted by Crippen LogP contribution is 2.32. The Morgan fingerprint density at radius 1 is 1.24 bits per heavy atom. The van der Waals surface area contributed by atoms with E-state index in [1.165, 1.54) is 11.3 Å². The molecule has 0 unspecified atom stereocenters. The maximum atomic E-state index is 12.2. The van der Waals surface area contributed by atoms with Gasteiger partial charge in [-0.1, -0.05) is 23.2 Å². The van der Waals surface area contributed by atoms with E-state index in [9.17, 15) is 9.59 Å². The second kappa shape index (κ2) is 8.08. The summed E-state index contributed by atoms with van der Waals surface area (Å²) >= 11 is 13.4. The first-order valence-electron chi connectivity index (χ1n) is 7.79. The molecule has 2 heterocycles. The molecule has 0 aliphatic carbocycles. The molecule has 2 amide bonds. The molecular formula is C17H16Cl2N2O3S. The number of carbonyl (C=O) groups is 2. The smallest absolute Gasteiger partial charge is 0.409 e. The Labute approximate surface area is 159 Å². The van der Waals surface area contributed by atoms with Gasteiger partial charge in [0.15, 0.2) is 0 Å². The number of hydrogen-bond donors (Lipinski definition) is 1. The summed E-state index contributed by atoms with van der Waals surface area (Å²) in [5.74, 6) is -0.131. The lowest BCUT2D eigenvalue weighted by atomic mass is 10.2. The molecule has 0 spiro atoms. The van der Waals surface area contributed by atoms with Gasteiger partial charge in [-0.15, -0.1) is 11.3 Å². The number of cyclic esters (lactones) is 1. The standard InChI is InChI=1S/C17H16Cl2N2O3S/c18-12-8-11(9-13(19)10-12)14-2-3-15(25-14)16(22)20-4-1-5-21-6-7-24-17(21)23/h2-3,8-10H,1,4-7H2,(H,20,22). The first kappa shape index (κ1) is 18.0. The van der Waals surface area contributed by atoms with Crippen molar-refractivity contribution in [2.45, 2.75) is 6.42 Å². The molecule has 1 aliphatic rings. The number of amides is 2. The molecule has 132 valence electrons. The fraction of sp³-hybridized carbons (Fsp3) is 0.294. The van der Waals surface area contributed by atoms with E-state index in [0.717, 1.165) is 10.4 Å². The third kappa shape index (κ3) is 4.66. The van der Waals surface area contributed by atoms with Crippen molar-refractivity contribution in [1.82, 2.24) is 10.2 Å². The van der Waals surface area contributed by atoms with Crippen LogP contribution in [0.3, 0.4) is 0 Å². The molecule has 1 N–H and O–H groups in total. The largest absolute Gasteiger partial charge is 0.448 e. The summed E-state index contributed by atoms with van der Waals surface area (Å²) < 4.78 is 4.86. The minimum atomic E-state index is -0.283. The Morgan fingerprint density at radius 2 is 2.00 bits per heavy atom. The number of hydrogen-bond acceptors (Lipinski definition) is 4. The summed E-state index contributed by atoms with van der Waals surface area (Å²) in [6.45, 7) is 2.13. The van der Waals surface area contributed by atoms with Gasteiger partial charge in [-0.2, -0.15) is 0 Å². The number of carbonyl (C=O) groups excluding carboxylic acids is 2. The Balaban J connectivity index is 1.53. The summed E-state index contributed by atoms with van der Waals surface area (Å²) in [6.07, 6.45) is 0.401. The number of thiophene rings is 1. The van der Waals surface area contributed by atoms with Gasteiger partial charge >= 0.3 is 6.09 Å². The summed E-state index contributed by atoms with van der Waals surface area (Å²) in [4.78, 5) is 26.7. The highest BCUT2D eigenvalue weighted by atomic mass is 35.5. The summed E-state index contributed by atoms with van der Waals surface area (Å²) in [5, 5.41) is 3.98. The predicted octanol–water partition coefficient (Wildman–Crippen LogP) is 4.29. The quantitative estimate of drug-likeness (QED) is 0.738. The lowest BCUT2D eigenvalue weighted by Gasteiger charge is -2.12. The van der Waals surface area contributed by atoms with Crippen molar-refractivity contribution in [2.24, 2.45) is 0 Å². The van der Waals surface area contributed by atoms with E-state index >= 15 is 0 Å². The summed E-state index contributed by atoms with van der Waals surface area (Å²) in [6, 6.07) is 8.96. The molecule has 1 saturated heterocycles. The molecular weight excluding hydrogens is 383 g/mol. The Hall–Kier alpha value is -1.76. The van der Waals surface area contributed by atoms with E-state index in [4.69, 9.17) is 27.9 Å². The van der Waals surface area contributed by atoms with E-state index in [2.05, 4.69) is 5.32 Å². The Morgan fingerprint density at radius 3 is 2.68 bits per heavy atom. The van der Waals surface area contributed by atoms with E-state index in [0.29, 0.717) is 47.6 Å². The predicted molar refractivity (Wildman–Crippen MR) is 99.6 cm³/mol. The van der Waals surface area contributed by atoms with Crippen molar-refractivity contribution < 1.29 is 14.3 Å². The number of nitrogens with one attached hydrogen (secondary N) is 1. The number of rotatable bonds is 6. The van der Waals surface area contributed by atoms with Gasteiger partial charge in [-0.25, -0.2) is 4.79 Å². The van der Waals surface area contributed by atoms with Crippen molar-refractivity contribution in [2.75, 3.05) is 26.2 Å². The van der Waals surface area contributed by atoms with Crippen LogP contribution in [0, 0.1) is 0 Å². The molecule has 1 fully saturated rings. The van der Waals surface area contributed by atoms with Crippen LogP contribution in [0.2, 0.25) is 10.0 Å². The average molecular weight is 399 g/mol. The summed E-state index contributed by atoms with van der Waals surface area (Å²) in [7, 11) is 0. The Kier molecular flexibility index (Phi) is 5.83. The topological polar surface area (TPSA) is 58.6 Å². The van der Waals surface area contributed by atoms with Crippen LogP contribution in [-0.2, 0) is 4.74 Å². The molecule has 5 nitrogen and oxygen atoms in total. The molecule has 0 atom stereocenters. The molecule has 0 bridgehead atoms. The second-order valence-electron chi connectivity index (χ2n) is 5.53.